The molecule has 1 aromatic heterocycles. The summed E-state index contributed by atoms with van der Waals surface area (Å²) in [6, 6.07) is 19.9. The molecule has 0 radical (unpaired) electrons. The van der Waals surface area contributed by atoms with E-state index in [4.69, 9.17) is 0 Å². The van der Waals surface area contributed by atoms with Gasteiger partial charge in [0.2, 0.25) is 0 Å². The van der Waals surface area contributed by atoms with Crippen molar-refractivity contribution in [3.05, 3.63) is 89.7 Å². The Kier molecular flexibility index (Phi) is 5.09. The van der Waals surface area contributed by atoms with E-state index in [1.54, 1.807) is 12.4 Å². The van der Waals surface area contributed by atoms with Crippen LogP contribution in [-0.4, -0.2) is 17.9 Å². The van der Waals surface area contributed by atoms with Crippen molar-refractivity contribution in [3.63, 3.8) is 0 Å². The van der Waals surface area contributed by atoms with Gasteiger partial charge in [0, 0.05) is 25.5 Å². The minimum atomic E-state index is -0.127. The highest BCUT2D eigenvalue weighted by atomic mass is 16.1. The molecule has 0 fully saturated rings. The first-order valence-electron chi connectivity index (χ1n) is 8.21. The van der Waals surface area contributed by atoms with Crippen molar-refractivity contribution < 1.29 is 4.79 Å². The maximum atomic E-state index is 12.4. The van der Waals surface area contributed by atoms with Gasteiger partial charge in [-0.05, 0) is 30.7 Å². The molecule has 1 N–H and O–H groups in total. The molecular weight excluding hydrogens is 310 g/mol. The fraction of sp³-hybridized carbons (Fsp3) is 0.143. The molecule has 0 saturated carbocycles. The van der Waals surface area contributed by atoms with Crippen LogP contribution < -0.4 is 10.2 Å². The number of rotatable bonds is 5. The van der Waals surface area contributed by atoms with Crippen molar-refractivity contribution in [2.45, 2.75) is 13.5 Å². The molecule has 0 aliphatic carbocycles. The molecule has 0 unspecified atom stereocenters. The number of benzene rings is 2. The average molecular weight is 331 g/mol. The molecule has 3 rings (SSSR count). The predicted molar refractivity (Wildman–Crippen MR) is 101 cm³/mol. The Labute approximate surface area is 148 Å². The smallest absolute Gasteiger partial charge is 0.253 e. The second-order valence-corrected chi connectivity index (χ2v) is 6.00. The van der Waals surface area contributed by atoms with Crippen LogP contribution in [0.5, 0.6) is 0 Å². The number of nitrogens with one attached hydrogen (secondary N) is 1. The summed E-state index contributed by atoms with van der Waals surface area (Å²) >= 11 is 0. The van der Waals surface area contributed by atoms with E-state index in [0.717, 1.165) is 16.9 Å². The molecule has 3 aromatic rings. The van der Waals surface area contributed by atoms with Crippen LogP contribution in [0.1, 0.15) is 21.5 Å². The number of carbonyl (C=O) groups excluding carboxylic acids is 1. The van der Waals surface area contributed by atoms with Crippen LogP contribution in [0.3, 0.4) is 0 Å². The molecule has 126 valence electrons. The minimum absolute atomic E-state index is 0.127. The number of pyridine rings is 1. The van der Waals surface area contributed by atoms with Crippen LogP contribution in [0.4, 0.5) is 11.4 Å². The Morgan fingerprint density at radius 2 is 1.80 bits per heavy atom. The van der Waals surface area contributed by atoms with E-state index < -0.39 is 0 Å². The first kappa shape index (κ1) is 16.7. The van der Waals surface area contributed by atoms with Crippen molar-refractivity contribution in [1.82, 2.24) is 10.3 Å². The van der Waals surface area contributed by atoms with Gasteiger partial charge in [0.15, 0.2) is 0 Å². The maximum Gasteiger partial charge on any atom is 0.253 e. The Bertz CT molecular complexity index is 862. The summed E-state index contributed by atoms with van der Waals surface area (Å²) in [5, 5.41) is 2.95. The molecule has 1 heterocycles. The number of aryl methyl sites for hydroxylation is 1. The van der Waals surface area contributed by atoms with Crippen molar-refractivity contribution in [1.29, 1.82) is 0 Å². The first-order chi connectivity index (χ1) is 12.1. The highest BCUT2D eigenvalue weighted by molar-refractivity contribution is 5.94. The van der Waals surface area contributed by atoms with Crippen molar-refractivity contribution in [2.24, 2.45) is 0 Å². The summed E-state index contributed by atoms with van der Waals surface area (Å²) in [6.07, 6.45) is 3.35. The lowest BCUT2D eigenvalue weighted by Crippen LogP contribution is -2.23. The highest BCUT2D eigenvalue weighted by Gasteiger charge is 2.10. The molecule has 0 aliphatic rings. The fourth-order valence-electron chi connectivity index (χ4n) is 2.64. The van der Waals surface area contributed by atoms with Gasteiger partial charge in [0.1, 0.15) is 0 Å². The lowest BCUT2D eigenvalue weighted by Gasteiger charge is -2.19. The average Bonchev–Trinajstić information content (AvgIpc) is 2.66. The van der Waals surface area contributed by atoms with E-state index in [1.165, 1.54) is 5.56 Å². The molecular formula is C21H21N3O. The molecule has 1 amide bonds. The fourth-order valence-corrected chi connectivity index (χ4v) is 2.64. The summed E-state index contributed by atoms with van der Waals surface area (Å²) in [5.41, 5.74) is 4.72. The lowest BCUT2D eigenvalue weighted by molar-refractivity contribution is 0.0950. The number of para-hydroxylation sites is 1. The van der Waals surface area contributed by atoms with Gasteiger partial charge in [-0.15, -0.1) is 0 Å². The Hall–Kier alpha value is -3.14. The SMILES string of the molecule is Cc1cccc(CNC(=O)c2cncc(N(C)c3ccccc3)c2)c1. The van der Waals surface area contributed by atoms with E-state index >= 15 is 0 Å². The summed E-state index contributed by atoms with van der Waals surface area (Å²) in [5.74, 6) is -0.127. The number of hydrogen-bond acceptors (Lipinski definition) is 3. The third-order valence-electron chi connectivity index (χ3n) is 4.05. The number of nitrogens with zero attached hydrogens (tertiary/aromatic N) is 2. The third-order valence-corrected chi connectivity index (χ3v) is 4.05. The molecule has 0 spiro atoms. The summed E-state index contributed by atoms with van der Waals surface area (Å²) in [7, 11) is 1.96. The third kappa shape index (κ3) is 4.23. The molecule has 4 nitrogen and oxygen atoms in total. The standard InChI is InChI=1S/C21H21N3O/c1-16-7-6-8-17(11-16)13-23-21(25)18-12-20(15-22-14-18)24(2)19-9-4-3-5-10-19/h3-12,14-15H,13H2,1-2H3,(H,23,25). The first-order valence-corrected chi connectivity index (χ1v) is 8.21. The molecule has 0 atom stereocenters. The van der Waals surface area contributed by atoms with Crippen molar-refractivity contribution >= 4 is 17.3 Å². The predicted octanol–water partition coefficient (Wildman–Crippen LogP) is 4.09. The van der Waals surface area contributed by atoms with Gasteiger partial charge < -0.3 is 10.2 Å². The molecule has 25 heavy (non-hydrogen) atoms. The quantitative estimate of drug-likeness (QED) is 0.766. The number of amides is 1. The van der Waals surface area contributed by atoms with E-state index in [9.17, 15) is 4.79 Å². The summed E-state index contributed by atoms with van der Waals surface area (Å²) < 4.78 is 0. The van der Waals surface area contributed by atoms with Crippen LogP contribution in [-0.2, 0) is 6.54 Å². The van der Waals surface area contributed by atoms with Crippen molar-refractivity contribution in [2.75, 3.05) is 11.9 Å². The van der Waals surface area contributed by atoms with Gasteiger partial charge in [-0.1, -0.05) is 48.0 Å². The zero-order valence-corrected chi connectivity index (χ0v) is 14.4. The Morgan fingerprint density at radius 3 is 2.56 bits per heavy atom. The van der Waals surface area contributed by atoms with Crippen LogP contribution >= 0.6 is 0 Å². The van der Waals surface area contributed by atoms with Crippen LogP contribution in [0.15, 0.2) is 73.1 Å². The molecule has 0 aliphatic heterocycles. The highest BCUT2D eigenvalue weighted by Crippen LogP contribution is 2.22. The molecule has 0 bridgehead atoms. The topological polar surface area (TPSA) is 45.2 Å². The number of hydrogen-bond donors (Lipinski definition) is 1. The van der Waals surface area contributed by atoms with E-state index in [2.05, 4.69) is 16.4 Å². The zero-order chi connectivity index (χ0) is 17.6. The van der Waals surface area contributed by atoms with Crippen LogP contribution in [0.25, 0.3) is 0 Å². The van der Waals surface area contributed by atoms with E-state index in [0.29, 0.717) is 12.1 Å². The van der Waals surface area contributed by atoms with Crippen LogP contribution in [0.2, 0.25) is 0 Å². The lowest BCUT2D eigenvalue weighted by atomic mass is 10.1. The van der Waals surface area contributed by atoms with Gasteiger partial charge in [0.05, 0.1) is 17.4 Å². The number of aromatic nitrogens is 1. The second-order valence-electron chi connectivity index (χ2n) is 6.00. The minimum Gasteiger partial charge on any atom is -0.348 e. The Balaban J connectivity index is 1.71. The largest absolute Gasteiger partial charge is 0.348 e. The monoisotopic (exact) mass is 331 g/mol. The van der Waals surface area contributed by atoms with Crippen molar-refractivity contribution in [3.8, 4) is 0 Å². The molecule has 0 saturated heterocycles. The summed E-state index contributed by atoms with van der Waals surface area (Å²) in [6.45, 7) is 2.54. The summed E-state index contributed by atoms with van der Waals surface area (Å²) in [4.78, 5) is 18.7. The second kappa shape index (κ2) is 7.62. The molecule has 4 heteroatoms. The number of carbonyl (C=O) groups is 1. The van der Waals surface area contributed by atoms with Gasteiger partial charge in [-0.25, -0.2) is 0 Å². The van der Waals surface area contributed by atoms with Crippen LogP contribution in [0, 0.1) is 6.92 Å². The zero-order valence-electron chi connectivity index (χ0n) is 14.4. The molecule has 2 aromatic carbocycles. The van der Waals surface area contributed by atoms with Gasteiger partial charge in [0.25, 0.3) is 5.91 Å². The maximum absolute atomic E-state index is 12.4. The van der Waals surface area contributed by atoms with E-state index in [1.807, 2.05) is 73.5 Å². The number of anilines is 2. The van der Waals surface area contributed by atoms with E-state index in [-0.39, 0.29) is 5.91 Å². The van der Waals surface area contributed by atoms with Gasteiger partial charge in [-0.2, -0.15) is 0 Å². The van der Waals surface area contributed by atoms with Gasteiger partial charge in [-0.3, -0.25) is 9.78 Å². The Morgan fingerprint density at radius 1 is 1.00 bits per heavy atom. The normalized spacial score (nSPS) is 10.3. The van der Waals surface area contributed by atoms with Gasteiger partial charge >= 0.3 is 0 Å².